The number of unbranched alkanes of at least 4 members (excludes halogenated alkanes) is 2. The highest BCUT2D eigenvalue weighted by atomic mass is 16.7. The van der Waals surface area contributed by atoms with Gasteiger partial charge in [0.1, 0.15) is 18.8 Å². The highest BCUT2D eigenvalue weighted by Gasteiger charge is 2.58. The van der Waals surface area contributed by atoms with Gasteiger partial charge in [0.15, 0.2) is 6.29 Å². The van der Waals surface area contributed by atoms with Gasteiger partial charge < -0.3 is 24.3 Å². The van der Waals surface area contributed by atoms with E-state index in [1.807, 2.05) is 6.08 Å². The molecule has 3 saturated carbocycles. The molecule has 5 aliphatic rings. The molecule has 4 aliphatic carbocycles. The highest BCUT2D eigenvalue weighted by molar-refractivity contribution is 5.72. The number of nitrogens with one attached hydrogen (secondary N) is 1. The third kappa shape index (κ3) is 7.64. The Morgan fingerprint density at radius 3 is 2.52 bits per heavy atom. The first-order chi connectivity index (χ1) is 21.9. The van der Waals surface area contributed by atoms with Crippen LogP contribution in [0.2, 0.25) is 0 Å². The summed E-state index contributed by atoms with van der Waals surface area (Å²) in [6.45, 7) is 12.6. The fourth-order valence-corrected chi connectivity index (χ4v) is 10.0. The van der Waals surface area contributed by atoms with Crippen LogP contribution in [0, 0.1) is 34.5 Å². The van der Waals surface area contributed by atoms with Crippen LogP contribution in [0.25, 0.3) is 0 Å². The maximum Gasteiger partial charge on any atom is 0.303 e. The van der Waals surface area contributed by atoms with Gasteiger partial charge in [0.25, 0.3) is 0 Å². The lowest BCUT2D eigenvalue weighted by Gasteiger charge is -2.58. The van der Waals surface area contributed by atoms with Gasteiger partial charge in [-0.25, -0.2) is 0 Å². The zero-order chi connectivity index (χ0) is 33.1. The molecule has 8 nitrogen and oxygen atoms in total. The second-order valence-electron chi connectivity index (χ2n) is 15.2. The lowest BCUT2D eigenvalue weighted by molar-refractivity contribution is -0.213. The molecule has 1 amide bonds. The Hall–Kier alpha value is -2.45. The molecular formula is C38H57NO7. The Balaban J connectivity index is 1.19. The molecule has 0 radical (unpaired) electrons. The van der Waals surface area contributed by atoms with Gasteiger partial charge in [0, 0.05) is 27.3 Å². The highest BCUT2D eigenvalue weighted by Crippen LogP contribution is 2.67. The molecule has 5 rings (SSSR count). The second-order valence-corrected chi connectivity index (χ2v) is 15.2. The first-order valence-electron chi connectivity index (χ1n) is 17.8. The summed E-state index contributed by atoms with van der Waals surface area (Å²) in [5.41, 5.74) is 3.76. The van der Waals surface area contributed by atoms with Gasteiger partial charge in [-0.2, -0.15) is 0 Å². The summed E-state index contributed by atoms with van der Waals surface area (Å²) in [5.74, 6) is 2.20. The molecular weight excluding hydrogens is 582 g/mol. The van der Waals surface area contributed by atoms with Gasteiger partial charge in [-0.05, 0) is 124 Å². The second kappa shape index (κ2) is 14.8. The monoisotopic (exact) mass is 639 g/mol. The largest absolute Gasteiger partial charge is 0.463 e. The molecule has 1 aliphatic heterocycles. The Kier molecular flexibility index (Phi) is 11.2. The molecule has 256 valence electrons. The summed E-state index contributed by atoms with van der Waals surface area (Å²) in [5, 5.41) is 2.91. The number of allylic oxidation sites excluding steroid dienone is 3. The van der Waals surface area contributed by atoms with Crippen molar-refractivity contribution in [3.8, 4) is 0 Å². The number of fused-ring (bicyclic) bond motifs is 5. The third-order valence-corrected chi connectivity index (χ3v) is 12.3. The predicted octanol–water partition coefficient (Wildman–Crippen LogP) is 6.98. The van der Waals surface area contributed by atoms with Crippen LogP contribution >= 0.6 is 0 Å². The number of rotatable bonds is 11. The van der Waals surface area contributed by atoms with Crippen molar-refractivity contribution >= 4 is 17.8 Å². The van der Waals surface area contributed by atoms with E-state index in [1.54, 1.807) is 24.1 Å². The van der Waals surface area contributed by atoms with Crippen LogP contribution in [-0.4, -0.2) is 55.6 Å². The number of hydrogen-bond donors (Lipinski definition) is 1. The van der Waals surface area contributed by atoms with Crippen LogP contribution in [0.5, 0.6) is 0 Å². The molecule has 1 unspecified atom stereocenters. The van der Waals surface area contributed by atoms with E-state index in [-0.39, 0.29) is 24.0 Å². The molecule has 0 saturated heterocycles. The fraction of sp³-hybridized carbons (Fsp3) is 0.763. The van der Waals surface area contributed by atoms with Crippen molar-refractivity contribution in [3.63, 3.8) is 0 Å². The molecule has 8 heteroatoms. The molecule has 0 aromatic heterocycles. The minimum atomic E-state index is -0.614. The van der Waals surface area contributed by atoms with E-state index in [4.69, 9.17) is 18.9 Å². The molecule has 1 heterocycles. The van der Waals surface area contributed by atoms with E-state index in [2.05, 4.69) is 38.2 Å². The van der Waals surface area contributed by atoms with Gasteiger partial charge in [-0.3, -0.25) is 14.4 Å². The van der Waals surface area contributed by atoms with Crippen molar-refractivity contribution in [2.75, 3.05) is 13.2 Å². The van der Waals surface area contributed by atoms with E-state index in [1.165, 1.54) is 46.0 Å². The zero-order valence-electron chi connectivity index (χ0n) is 29.0. The van der Waals surface area contributed by atoms with Crippen molar-refractivity contribution in [1.82, 2.24) is 5.32 Å². The number of carbonyl (C=O) groups is 3. The van der Waals surface area contributed by atoms with E-state index in [0.29, 0.717) is 11.3 Å². The van der Waals surface area contributed by atoms with Gasteiger partial charge in [0.2, 0.25) is 5.91 Å². The smallest absolute Gasteiger partial charge is 0.303 e. The Labute approximate surface area is 276 Å². The van der Waals surface area contributed by atoms with Crippen molar-refractivity contribution in [1.29, 1.82) is 0 Å². The lowest BCUT2D eigenvalue weighted by Crippen LogP contribution is -2.51. The molecule has 3 fully saturated rings. The summed E-state index contributed by atoms with van der Waals surface area (Å²) in [7, 11) is 0. The molecule has 10 atom stereocenters. The van der Waals surface area contributed by atoms with E-state index in [0.717, 1.165) is 62.8 Å². The summed E-state index contributed by atoms with van der Waals surface area (Å²) >= 11 is 0. The van der Waals surface area contributed by atoms with Crippen LogP contribution in [0.1, 0.15) is 112 Å². The van der Waals surface area contributed by atoms with Crippen molar-refractivity contribution in [2.24, 2.45) is 34.5 Å². The van der Waals surface area contributed by atoms with Crippen molar-refractivity contribution < 1.29 is 33.3 Å². The quantitative estimate of drug-likeness (QED) is 0.148. The lowest BCUT2D eigenvalue weighted by atomic mass is 9.47. The van der Waals surface area contributed by atoms with Crippen LogP contribution in [0.15, 0.2) is 35.5 Å². The SMILES string of the molecule is CC(=O)NCCCC/C=C(\C)[C@H]1CC[C@H]2[C@@H]3CC=C4C[C@@H](OC5C=C[C@H](OC(C)=O)[C@@H](COC(C)=O)O5)CC[C@]4(C)[C@H]3CC[C@]12C. The maximum absolute atomic E-state index is 11.6. The van der Waals surface area contributed by atoms with Gasteiger partial charge in [0.05, 0.1) is 6.10 Å². The molecule has 0 aromatic carbocycles. The van der Waals surface area contributed by atoms with Crippen LogP contribution < -0.4 is 5.32 Å². The average Bonchev–Trinajstić information content (AvgIpc) is 3.36. The molecule has 46 heavy (non-hydrogen) atoms. The van der Waals surface area contributed by atoms with E-state index in [9.17, 15) is 14.4 Å². The maximum atomic E-state index is 11.6. The average molecular weight is 640 g/mol. The number of ether oxygens (including phenoxy) is 4. The van der Waals surface area contributed by atoms with E-state index < -0.39 is 30.4 Å². The summed E-state index contributed by atoms with van der Waals surface area (Å²) in [6, 6.07) is 0. The number of esters is 2. The Morgan fingerprint density at radius 1 is 0.978 bits per heavy atom. The van der Waals surface area contributed by atoms with Crippen LogP contribution in [-0.2, 0) is 33.3 Å². The van der Waals surface area contributed by atoms with Gasteiger partial charge in [-0.15, -0.1) is 0 Å². The normalized spacial score (nSPS) is 38.6. The zero-order valence-corrected chi connectivity index (χ0v) is 29.0. The molecule has 1 N–H and O–H groups in total. The van der Waals surface area contributed by atoms with Gasteiger partial charge in [-0.1, -0.05) is 37.1 Å². The van der Waals surface area contributed by atoms with Crippen molar-refractivity contribution in [3.05, 3.63) is 35.5 Å². The predicted molar refractivity (Wildman–Crippen MR) is 176 cm³/mol. The fourth-order valence-electron chi connectivity index (χ4n) is 10.0. The number of amides is 1. The van der Waals surface area contributed by atoms with E-state index >= 15 is 0 Å². The van der Waals surface area contributed by atoms with Gasteiger partial charge >= 0.3 is 11.9 Å². The minimum Gasteiger partial charge on any atom is -0.463 e. The Bertz CT molecular complexity index is 1220. The molecule has 0 aromatic rings. The summed E-state index contributed by atoms with van der Waals surface area (Å²) in [6.07, 6.45) is 19.7. The first kappa shape index (κ1) is 34.9. The van der Waals surface area contributed by atoms with Crippen molar-refractivity contribution in [2.45, 2.75) is 137 Å². The third-order valence-electron chi connectivity index (χ3n) is 12.3. The first-order valence-corrected chi connectivity index (χ1v) is 17.8. The molecule has 0 bridgehead atoms. The number of hydrogen-bond acceptors (Lipinski definition) is 7. The van der Waals surface area contributed by atoms with Crippen LogP contribution in [0.3, 0.4) is 0 Å². The summed E-state index contributed by atoms with van der Waals surface area (Å²) < 4.78 is 23.2. The topological polar surface area (TPSA) is 100 Å². The Morgan fingerprint density at radius 2 is 1.78 bits per heavy atom. The standard InChI is InChI=1S/C38H57NO7/c1-24(10-8-7-9-21-39-25(2)40)31-13-14-32-30-12-11-28-22-29(17-19-37(28,5)33(30)18-20-38(31,32)6)45-36-16-15-34(44-27(4)42)35(46-36)23-43-26(3)41/h10-11,15-16,29-36H,7-9,12-14,17-23H2,1-6H3,(H,39,40)/b24-10+/t29-,30-,31+,32-,33-,34-,35+,36?,37-,38+/m0/s1. The minimum absolute atomic E-state index is 0.00460. The number of carbonyl (C=O) groups excluding carboxylic acids is 3. The van der Waals surface area contributed by atoms with Crippen LogP contribution in [0.4, 0.5) is 0 Å². The molecule has 0 spiro atoms. The summed E-state index contributed by atoms with van der Waals surface area (Å²) in [4.78, 5) is 34.2.